The van der Waals surface area contributed by atoms with Crippen molar-refractivity contribution in [3.63, 3.8) is 0 Å². The molecule has 1 aromatic heterocycles. The number of hydrogen-bond donors (Lipinski definition) is 2. The number of benzene rings is 2. The lowest BCUT2D eigenvalue weighted by Crippen LogP contribution is -1.99. The number of methoxy groups -OCH3 is 1. The molecule has 0 unspecified atom stereocenters. The third-order valence-electron chi connectivity index (χ3n) is 4.13. The van der Waals surface area contributed by atoms with Crippen molar-refractivity contribution in [3.8, 4) is 17.0 Å². The summed E-state index contributed by atoms with van der Waals surface area (Å²) in [5.74, 6) is 0.869. The molecule has 0 saturated heterocycles. The molecule has 3 aromatic rings. The van der Waals surface area contributed by atoms with Gasteiger partial charge in [-0.15, -0.1) is 0 Å². The van der Waals surface area contributed by atoms with Crippen molar-refractivity contribution < 1.29 is 4.74 Å². The molecule has 0 aliphatic heterocycles. The van der Waals surface area contributed by atoms with Gasteiger partial charge in [-0.1, -0.05) is 24.3 Å². The summed E-state index contributed by atoms with van der Waals surface area (Å²) in [5.41, 5.74) is 10.5. The van der Waals surface area contributed by atoms with Crippen molar-refractivity contribution in [3.05, 3.63) is 52.5 Å². The van der Waals surface area contributed by atoms with Crippen LogP contribution in [-0.2, 0) is 6.42 Å². The highest BCUT2D eigenvalue weighted by Gasteiger charge is 2.14. The zero-order valence-electron chi connectivity index (χ0n) is 13.2. The van der Waals surface area contributed by atoms with Gasteiger partial charge >= 0.3 is 0 Å². The van der Waals surface area contributed by atoms with Crippen LogP contribution in [0.3, 0.4) is 0 Å². The van der Waals surface area contributed by atoms with E-state index in [1.807, 2.05) is 12.1 Å². The molecule has 0 aliphatic rings. The average Bonchev–Trinajstić information content (AvgIpc) is 2.95. The molecule has 0 radical (unpaired) electrons. The summed E-state index contributed by atoms with van der Waals surface area (Å²) < 4.78 is 6.46. The predicted molar refractivity (Wildman–Crippen MR) is 100.0 cm³/mol. The first-order valence-corrected chi connectivity index (χ1v) is 8.67. The lowest BCUT2D eigenvalue weighted by molar-refractivity contribution is 0.415. The Balaban J connectivity index is 2.13. The van der Waals surface area contributed by atoms with E-state index < -0.39 is 0 Å². The maximum atomic E-state index is 5.66. The molecule has 1 heterocycles. The number of para-hydroxylation sites is 1. The third-order valence-corrected chi connectivity index (χ3v) is 4.79. The second-order valence-electron chi connectivity index (χ2n) is 5.62. The number of H-pyrrole nitrogens is 1. The largest absolute Gasteiger partial charge is 0.497 e. The summed E-state index contributed by atoms with van der Waals surface area (Å²) in [6.45, 7) is 0.737. The Morgan fingerprint density at radius 3 is 2.74 bits per heavy atom. The van der Waals surface area contributed by atoms with Gasteiger partial charge in [-0.25, -0.2) is 0 Å². The van der Waals surface area contributed by atoms with Gasteiger partial charge in [0.1, 0.15) is 5.75 Å². The van der Waals surface area contributed by atoms with E-state index in [4.69, 9.17) is 10.5 Å². The number of nitrogens with two attached hydrogens (primary N) is 1. The van der Waals surface area contributed by atoms with Gasteiger partial charge in [-0.05, 0) is 65.5 Å². The Hall–Kier alpha value is -1.78. The Morgan fingerprint density at radius 1 is 1.13 bits per heavy atom. The molecule has 0 fully saturated rings. The molecule has 0 saturated carbocycles. The highest BCUT2D eigenvalue weighted by Crippen LogP contribution is 2.35. The van der Waals surface area contributed by atoms with Crippen LogP contribution in [0.5, 0.6) is 5.75 Å². The van der Waals surface area contributed by atoms with Crippen molar-refractivity contribution >= 4 is 26.8 Å². The molecule has 3 N–H and O–H groups in total. The molecule has 0 spiro atoms. The van der Waals surface area contributed by atoms with Crippen LogP contribution in [0, 0.1) is 0 Å². The number of aromatic nitrogens is 1. The number of ether oxygens (including phenoxy) is 1. The molecule has 3 rings (SSSR count). The van der Waals surface area contributed by atoms with E-state index in [-0.39, 0.29) is 0 Å². The monoisotopic (exact) mass is 372 g/mol. The lowest BCUT2D eigenvalue weighted by atomic mass is 10.00. The molecule has 0 aliphatic carbocycles. The van der Waals surface area contributed by atoms with E-state index in [1.165, 1.54) is 16.6 Å². The third kappa shape index (κ3) is 3.28. The van der Waals surface area contributed by atoms with Crippen molar-refractivity contribution in [2.75, 3.05) is 13.7 Å². The standard InChI is InChI=1S/C19H21BrN2O/c1-23-14-7-4-6-13(12-14)18-15(8-2-3-11-21)16-9-5-10-17(20)19(16)22-18/h4-7,9-10,12,22H,2-3,8,11,21H2,1H3. The van der Waals surface area contributed by atoms with Crippen LogP contribution in [0.1, 0.15) is 18.4 Å². The molecule has 3 nitrogen and oxygen atoms in total. The number of hydrogen-bond acceptors (Lipinski definition) is 2. The number of halogens is 1. The summed E-state index contributed by atoms with van der Waals surface area (Å²) in [4.78, 5) is 3.59. The van der Waals surface area contributed by atoms with Gasteiger partial charge in [0, 0.05) is 21.1 Å². The maximum Gasteiger partial charge on any atom is 0.119 e. The molecule has 0 bridgehead atoms. The smallest absolute Gasteiger partial charge is 0.119 e. The first kappa shape index (κ1) is 16.1. The van der Waals surface area contributed by atoms with Gasteiger partial charge < -0.3 is 15.5 Å². The highest BCUT2D eigenvalue weighted by molar-refractivity contribution is 9.10. The summed E-state index contributed by atoms with van der Waals surface area (Å²) in [5, 5.41) is 1.27. The van der Waals surface area contributed by atoms with E-state index in [1.54, 1.807) is 7.11 Å². The molecular formula is C19H21BrN2O. The lowest BCUT2D eigenvalue weighted by Gasteiger charge is -2.07. The van der Waals surface area contributed by atoms with Gasteiger partial charge in [0.05, 0.1) is 12.6 Å². The quantitative estimate of drug-likeness (QED) is 0.605. The number of fused-ring (bicyclic) bond motifs is 1. The summed E-state index contributed by atoms with van der Waals surface area (Å²) >= 11 is 3.65. The minimum absolute atomic E-state index is 0.737. The number of aryl methyl sites for hydroxylation is 1. The van der Waals surface area contributed by atoms with E-state index in [2.05, 4.69) is 51.2 Å². The van der Waals surface area contributed by atoms with E-state index in [0.717, 1.165) is 47.1 Å². The molecule has 4 heteroatoms. The van der Waals surface area contributed by atoms with Crippen molar-refractivity contribution in [1.82, 2.24) is 4.98 Å². The second-order valence-corrected chi connectivity index (χ2v) is 6.47. The van der Waals surface area contributed by atoms with Crippen molar-refractivity contribution in [2.24, 2.45) is 5.73 Å². The Morgan fingerprint density at radius 2 is 1.96 bits per heavy atom. The van der Waals surface area contributed by atoms with E-state index in [9.17, 15) is 0 Å². The van der Waals surface area contributed by atoms with Crippen LogP contribution in [0.4, 0.5) is 0 Å². The first-order chi connectivity index (χ1) is 11.2. The predicted octanol–water partition coefficient (Wildman–Crippen LogP) is 4.89. The Kier molecular flexibility index (Phi) is 5.03. The summed E-state index contributed by atoms with van der Waals surface area (Å²) in [7, 11) is 1.70. The van der Waals surface area contributed by atoms with Crippen LogP contribution in [0.25, 0.3) is 22.2 Å². The average molecular weight is 373 g/mol. The van der Waals surface area contributed by atoms with Crippen LogP contribution < -0.4 is 10.5 Å². The summed E-state index contributed by atoms with van der Waals surface area (Å²) in [6.07, 6.45) is 3.14. The van der Waals surface area contributed by atoms with Crippen LogP contribution >= 0.6 is 15.9 Å². The van der Waals surface area contributed by atoms with Crippen molar-refractivity contribution in [1.29, 1.82) is 0 Å². The molecule has 0 atom stereocenters. The fourth-order valence-electron chi connectivity index (χ4n) is 2.97. The SMILES string of the molecule is COc1cccc(-c2[nH]c3c(Br)cccc3c2CCCCN)c1. The number of aromatic amines is 1. The molecule has 0 amide bonds. The Labute approximate surface area is 145 Å². The molecule has 120 valence electrons. The highest BCUT2D eigenvalue weighted by atomic mass is 79.9. The summed E-state index contributed by atoms with van der Waals surface area (Å²) in [6, 6.07) is 14.5. The number of unbranched alkanes of at least 4 members (excludes halogenated alkanes) is 1. The molecular weight excluding hydrogens is 352 g/mol. The van der Waals surface area contributed by atoms with E-state index in [0.29, 0.717) is 0 Å². The van der Waals surface area contributed by atoms with Gasteiger partial charge in [-0.3, -0.25) is 0 Å². The molecule has 23 heavy (non-hydrogen) atoms. The van der Waals surface area contributed by atoms with E-state index >= 15 is 0 Å². The van der Waals surface area contributed by atoms with Crippen LogP contribution in [0.15, 0.2) is 46.9 Å². The number of rotatable bonds is 6. The number of nitrogens with one attached hydrogen (secondary N) is 1. The normalized spacial score (nSPS) is 11.1. The topological polar surface area (TPSA) is 51.0 Å². The zero-order valence-corrected chi connectivity index (χ0v) is 14.8. The Bertz CT molecular complexity index is 810. The maximum absolute atomic E-state index is 5.66. The van der Waals surface area contributed by atoms with Crippen LogP contribution in [0.2, 0.25) is 0 Å². The minimum Gasteiger partial charge on any atom is -0.497 e. The minimum atomic E-state index is 0.737. The van der Waals surface area contributed by atoms with Gasteiger partial charge in [0.2, 0.25) is 0 Å². The van der Waals surface area contributed by atoms with Crippen molar-refractivity contribution in [2.45, 2.75) is 19.3 Å². The van der Waals surface area contributed by atoms with Gasteiger partial charge in [0.25, 0.3) is 0 Å². The van der Waals surface area contributed by atoms with Gasteiger partial charge in [0.15, 0.2) is 0 Å². The first-order valence-electron chi connectivity index (χ1n) is 7.88. The molecule has 2 aromatic carbocycles. The van der Waals surface area contributed by atoms with Crippen LogP contribution in [-0.4, -0.2) is 18.6 Å². The second kappa shape index (κ2) is 7.20. The fraction of sp³-hybridized carbons (Fsp3) is 0.263. The zero-order chi connectivity index (χ0) is 16.2. The van der Waals surface area contributed by atoms with Gasteiger partial charge in [-0.2, -0.15) is 0 Å². The fourth-order valence-corrected chi connectivity index (χ4v) is 3.43.